The van der Waals surface area contributed by atoms with E-state index in [1.165, 1.54) is 0 Å². The summed E-state index contributed by atoms with van der Waals surface area (Å²) in [5, 5.41) is 0. The second kappa shape index (κ2) is 6.23. The van der Waals surface area contributed by atoms with Crippen molar-refractivity contribution in [2.75, 3.05) is 0 Å². The first-order valence-corrected chi connectivity index (χ1v) is 7.07. The Balaban J connectivity index is 2.73. The molecule has 1 atom stereocenters. The van der Waals surface area contributed by atoms with Gasteiger partial charge >= 0.3 is 7.12 Å². The van der Waals surface area contributed by atoms with Gasteiger partial charge in [-0.15, -0.1) is 6.58 Å². The fourth-order valence-corrected chi connectivity index (χ4v) is 2.00. The zero-order valence-electron chi connectivity index (χ0n) is 12.8. The fourth-order valence-electron chi connectivity index (χ4n) is 2.00. The third-order valence-corrected chi connectivity index (χ3v) is 4.14. The van der Waals surface area contributed by atoms with Crippen molar-refractivity contribution in [3.05, 3.63) is 24.5 Å². The van der Waals surface area contributed by atoms with Crippen LogP contribution in [0.2, 0.25) is 0 Å². The highest BCUT2D eigenvalue weighted by atomic mass is 19.1. The van der Waals surface area contributed by atoms with Crippen molar-refractivity contribution in [2.24, 2.45) is 5.92 Å². The summed E-state index contributed by atoms with van der Waals surface area (Å²) in [4.78, 5) is 0. The molecule has 0 aromatic carbocycles. The van der Waals surface area contributed by atoms with Crippen LogP contribution in [0.5, 0.6) is 0 Å². The molecule has 0 radical (unpaired) electrons. The Hall–Kier alpha value is -0.605. The second-order valence-electron chi connectivity index (χ2n) is 6.17. The van der Waals surface area contributed by atoms with Crippen LogP contribution >= 0.6 is 0 Å². The summed E-state index contributed by atoms with van der Waals surface area (Å²) in [6, 6.07) is 0. The van der Waals surface area contributed by atoms with Crippen molar-refractivity contribution in [1.82, 2.24) is 0 Å². The average Bonchev–Trinajstić information content (AvgIpc) is 2.53. The van der Waals surface area contributed by atoms with Gasteiger partial charge in [0.25, 0.3) is 0 Å². The number of hydrogen-bond acceptors (Lipinski definition) is 2. The van der Waals surface area contributed by atoms with Crippen LogP contribution in [0.1, 0.15) is 53.9 Å². The van der Waals surface area contributed by atoms with Gasteiger partial charge in [0.2, 0.25) is 0 Å². The lowest BCUT2D eigenvalue weighted by molar-refractivity contribution is 0.00578. The van der Waals surface area contributed by atoms with Crippen molar-refractivity contribution in [2.45, 2.75) is 65.1 Å². The summed E-state index contributed by atoms with van der Waals surface area (Å²) < 4.78 is 25.6. The van der Waals surface area contributed by atoms with E-state index in [9.17, 15) is 4.39 Å². The molecule has 1 unspecified atom stereocenters. The van der Waals surface area contributed by atoms with E-state index in [1.54, 1.807) is 6.08 Å². The van der Waals surface area contributed by atoms with Gasteiger partial charge < -0.3 is 9.31 Å². The molecule has 2 nitrogen and oxygen atoms in total. The molecule has 0 N–H and O–H groups in total. The first-order valence-electron chi connectivity index (χ1n) is 7.07. The molecule has 1 heterocycles. The summed E-state index contributed by atoms with van der Waals surface area (Å²) in [6.45, 7) is 13.5. The second-order valence-corrected chi connectivity index (χ2v) is 6.17. The maximum atomic E-state index is 14.2. The van der Waals surface area contributed by atoms with E-state index < -0.39 is 18.3 Å². The molecule has 1 rings (SSSR count). The largest absolute Gasteiger partial charge is 0.524 e. The van der Waals surface area contributed by atoms with Crippen molar-refractivity contribution < 1.29 is 13.7 Å². The lowest BCUT2D eigenvalue weighted by Crippen LogP contribution is -2.41. The summed E-state index contributed by atoms with van der Waals surface area (Å²) in [5.74, 6) is 0.206. The predicted octanol–water partition coefficient (Wildman–Crippen LogP) is 4.46. The molecule has 0 aromatic heterocycles. The summed E-state index contributed by atoms with van der Waals surface area (Å²) >= 11 is 0. The molecule has 0 aromatic rings. The van der Waals surface area contributed by atoms with E-state index in [2.05, 4.69) is 13.5 Å². The van der Waals surface area contributed by atoms with Gasteiger partial charge in [-0.2, -0.15) is 0 Å². The minimum atomic E-state index is -0.872. The van der Waals surface area contributed by atoms with Crippen LogP contribution in [0.3, 0.4) is 0 Å². The minimum Gasteiger partial charge on any atom is -0.398 e. The third kappa shape index (κ3) is 3.93. The lowest BCUT2D eigenvalue weighted by atomic mass is 9.84. The molecule has 1 aliphatic heterocycles. The van der Waals surface area contributed by atoms with Crippen molar-refractivity contribution >= 4 is 7.12 Å². The highest BCUT2D eigenvalue weighted by Gasteiger charge is 2.53. The number of rotatable bonds is 6. The van der Waals surface area contributed by atoms with Gasteiger partial charge in [0.1, 0.15) is 5.73 Å². The lowest BCUT2D eigenvalue weighted by Gasteiger charge is -2.32. The number of halogens is 1. The van der Waals surface area contributed by atoms with Crippen LogP contribution in [-0.4, -0.2) is 18.3 Å². The van der Waals surface area contributed by atoms with Crippen LogP contribution in [0, 0.1) is 5.92 Å². The highest BCUT2D eigenvalue weighted by Crippen LogP contribution is 2.39. The van der Waals surface area contributed by atoms with E-state index in [1.807, 2.05) is 33.8 Å². The first-order chi connectivity index (χ1) is 8.73. The third-order valence-electron chi connectivity index (χ3n) is 4.14. The summed E-state index contributed by atoms with van der Waals surface area (Å²) in [6.07, 6.45) is 6.22. The van der Waals surface area contributed by atoms with E-state index in [0.717, 1.165) is 19.3 Å². The molecule has 0 saturated carbocycles. The van der Waals surface area contributed by atoms with Crippen molar-refractivity contribution in [3.8, 4) is 0 Å². The molecule has 19 heavy (non-hydrogen) atoms. The maximum Gasteiger partial charge on any atom is 0.524 e. The Morgan fingerprint density at radius 3 is 2.21 bits per heavy atom. The standard InChI is InChI=1S/C15H26BFO2/c1-7-9-10-12(8-2)11-13(17)16-18-14(3,4)15(5,6)19-16/h7,11-12H,1,8-10H2,2-6H3. The zero-order chi connectivity index (χ0) is 14.7. The Morgan fingerprint density at radius 1 is 1.26 bits per heavy atom. The Labute approximate surface area is 117 Å². The van der Waals surface area contributed by atoms with Crippen LogP contribution in [0.15, 0.2) is 24.5 Å². The monoisotopic (exact) mass is 268 g/mol. The molecule has 108 valence electrons. The predicted molar refractivity (Wildman–Crippen MR) is 78.5 cm³/mol. The number of hydrogen-bond donors (Lipinski definition) is 0. The van der Waals surface area contributed by atoms with Crippen LogP contribution in [0.25, 0.3) is 0 Å². The SMILES string of the molecule is C=CCCC(C=C(F)B1OC(C)(C)C(C)(C)O1)CC. The average molecular weight is 268 g/mol. The molecule has 0 amide bonds. The van der Waals surface area contributed by atoms with E-state index >= 15 is 0 Å². The van der Waals surface area contributed by atoms with Crippen LogP contribution in [-0.2, 0) is 9.31 Å². The van der Waals surface area contributed by atoms with Gasteiger partial charge in [-0.05, 0) is 52.9 Å². The van der Waals surface area contributed by atoms with E-state index in [0.29, 0.717) is 0 Å². The van der Waals surface area contributed by atoms with Gasteiger partial charge in [-0.3, -0.25) is 0 Å². The molecule has 0 spiro atoms. The van der Waals surface area contributed by atoms with Gasteiger partial charge in [-0.25, -0.2) is 4.39 Å². The van der Waals surface area contributed by atoms with Gasteiger partial charge in [0, 0.05) is 0 Å². The fraction of sp³-hybridized carbons (Fsp3) is 0.733. The van der Waals surface area contributed by atoms with Crippen molar-refractivity contribution in [3.63, 3.8) is 0 Å². The zero-order valence-corrected chi connectivity index (χ0v) is 12.8. The number of allylic oxidation sites excluding steroid dienone is 2. The summed E-state index contributed by atoms with van der Waals surface area (Å²) in [7, 11) is -0.872. The normalized spacial score (nSPS) is 23.5. The molecule has 1 fully saturated rings. The Morgan fingerprint density at radius 2 is 1.79 bits per heavy atom. The minimum absolute atomic E-state index is 0.206. The molecule has 0 bridgehead atoms. The van der Waals surface area contributed by atoms with E-state index in [4.69, 9.17) is 9.31 Å². The molecule has 1 saturated heterocycles. The maximum absolute atomic E-state index is 14.2. The topological polar surface area (TPSA) is 18.5 Å². The molecule has 4 heteroatoms. The Bertz CT molecular complexity index is 334. The smallest absolute Gasteiger partial charge is 0.398 e. The van der Waals surface area contributed by atoms with Gasteiger partial charge in [0.15, 0.2) is 0 Å². The Kier molecular flexibility index (Phi) is 5.39. The van der Waals surface area contributed by atoms with Gasteiger partial charge in [0.05, 0.1) is 11.2 Å². The molecule has 0 aliphatic carbocycles. The first kappa shape index (κ1) is 16.4. The summed E-state index contributed by atoms with van der Waals surface area (Å²) in [5.41, 5.74) is -1.30. The molecular weight excluding hydrogens is 242 g/mol. The highest BCUT2D eigenvalue weighted by molar-refractivity contribution is 6.53. The van der Waals surface area contributed by atoms with Gasteiger partial charge in [-0.1, -0.05) is 19.1 Å². The van der Waals surface area contributed by atoms with Crippen molar-refractivity contribution in [1.29, 1.82) is 0 Å². The molecular formula is C15H26BFO2. The quantitative estimate of drug-likeness (QED) is 0.523. The molecule has 1 aliphatic rings. The van der Waals surface area contributed by atoms with Crippen LogP contribution in [0.4, 0.5) is 4.39 Å². The van der Waals surface area contributed by atoms with E-state index in [-0.39, 0.29) is 11.6 Å². The van der Waals surface area contributed by atoms with Crippen LogP contribution < -0.4 is 0 Å².